The van der Waals surface area contributed by atoms with Crippen LogP contribution in [-0.4, -0.2) is 12.5 Å². The van der Waals surface area contributed by atoms with Gasteiger partial charge in [-0.3, -0.25) is 0 Å². The van der Waals surface area contributed by atoms with Gasteiger partial charge in [-0.15, -0.1) is 0 Å². The topological polar surface area (TPSA) is 32.3 Å². The van der Waals surface area contributed by atoms with E-state index in [1.807, 2.05) is 0 Å². The average molecular weight is 161 g/mol. The van der Waals surface area contributed by atoms with Gasteiger partial charge in [0.05, 0.1) is 8.38 Å². The molecule has 0 amide bonds. The van der Waals surface area contributed by atoms with Gasteiger partial charge in [-0.25, -0.2) is 0 Å². The van der Waals surface area contributed by atoms with Crippen molar-refractivity contribution in [3.05, 3.63) is 0 Å². The molecule has 56 valence electrons. The van der Waals surface area contributed by atoms with E-state index >= 15 is 0 Å². The first-order valence-corrected chi connectivity index (χ1v) is 3.33. The second-order valence-corrected chi connectivity index (χ2v) is 2.42. The molecule has 1 atom stereocenters. The van der Waals surface area contributed by atoms with Gasteiger partial charge in [0.15, 0.2) is 0 Å². The van der Waals surface area contributed by atoms with Crippen molar-refractivity contribution in [2.75, 3.05) is 6.61 Å². The number of hydrogen-bond donors (Lipinski definition) is 0. The Morgan fingerprint density at radius 3 is 2.11 bits per heavy atom. The Balaban J connectivity index is 3.59. The minimum Gasteiger partial charge on any atom is -0.802 e. The van der Waals surface area contributed by atoms with Gasteiger partial charge in [0.2, 0.25) is 0 Å². The second kappa shape index (κ2) is 3.34. The summed E-state index contributed by atoms with van der Waals surface area (Å²) >= 11 is 0. The van der Waals surface area contributed by atoms with Crippen molar-refractivity contribution >= 4 is 8.38 Å². The molecule has 0 aromatic rings. The maximum Gasteiger partial charge on any atom is 0.416 e. The minimum absolute atomic E-state index is 0.186. The third-order valence-corrected chi connectivity index (χ3v) is 1.36. The van der Waals surface area contributed by atoms with E-state index < -0.39 is 14.3 Å². The zero-order valence-corrected chi connectivity index (χ0v) is 5.50. The predicted octanol–water partition coefficient (Wildman–Crippen LogP) is 1.21. The Bertz CT molecular complexity index is 83.6. The molecule has 0 heterocycles. The lowest BCUT2D eigenvalue weighted by Crippen LogP contribution is -2.15. The molecule has 0 aliphatic carbocycles. The molecule has 0 saturated heterocycles. The fourth-order valence-corrected chi connectivity index (χ4v) is 0.571. The van der Waals surface area contributed by atoms with Gasteiger partial charge in [0, 0.05) is 6.61 Å². The van der Waals surface area contributed by atoms with E-state index in [4.69, 9.17) is 0 Å². The molecule has 0 saturated carbocycles. The summed E-state index contributed by atoms with van der Waals surface area (Å²) in [6, 6.07) is 0. The molecule has 0 aliphatic heterocycles. The third kappa shape index (κ3) is 3.67. The Labute approximate surface area is 51.5 Å². The molecule has 0 N–H and O–H groups in total. The van der Waals surface area contributed by atoms with Crippen LogP contribution in [0.4, 0.5) is 13.2 Å². The number of hydrogen-bond acceptors (Lipinski definition) is 2. The summed E-state index contributed by atoms with van der Waals surface area (Å²) in [5.74, 6) is -4.70. The highest BCUT2D eigenvalue weighted by Crippen LogP contribution is 2.46. The molecule has 1 unspecified atom stereocenters. The first-order valence-electron chi connectivity index (χ1n) is 2.15. The SMILES string of the molecule is CCOP([O-])C(F)(F)F. The van der Waals surface area contributed by atoms with Crippen molar-refractivity contribution in [3.63, 3.8) is 0 Å². The fraction of sp³-hybridized carbons (Fsp3) is 1.00. The van der Waals surface area contributed by atoms with Gasteiger partial charge in [-0.05, 0) is 6.92 Å². The van der Waals surface area contributed by atoms with Crippen LogP contribution in [0, 0.1) is 0 Å². The van der Waals surface area contributed by atoms with E-state index in [0.29, 0.717) is 0 Å². The van der Waals surface area contributed by atoms with Gasteiger partial charge in [-0.1, -0.05) is 0 Å². The van der Waals surface area contributed by atoms with Crippen molar-refractivity contribution in [1.82, 2.24) is 0 Å². The van der Waals surface area contributed by atoms with Crippen molar-refractivity contribution in [1.29, 1.82) is 0 Å². The van der Waals surface area contributed by atoms with Crippen LogP contribution in [0.25, 0.3) is 0 Å². The van der Waals surface area contributed by atoms with Crippen molar-refractivity contribution in [2.45, 2.75) is 12.8 Å². The largest absolute Gasteiger partial charge is 0.802 e. The molecular formula is C3H5F3O2P-. The van der Waals surface area contributed by atoms with Gasteiger partial charge < -0.3 is 9.42 Å². The quantitative estimate of drug-likeness (QED) is 0.570. The molecule has 0 radical (unpaired) electrons. The van der Waals surface area contributed by atoms with E-state index in [-0.39, 0.29) is 6.61 Å². The lowest BCUT2D eigenvalue weighted by Gasteiger charge is -2.23. The molecule has 2 nitrogen and oxygen atoms in total. The number of halogens is 3. The summed E-state index contributed by atoms with van der Waals surface area (Å²) < 4.78 is 37.5. The van der Waals surface area contributed by atoms with Crippen LogP contribution in [0.3, 0.4) is 0 Å². The van der Waals surface area contributed by atoms with E-state index in [1.54, 1.807) is 0 Å². The first kappa shape index (κ1) is 9.14. The van der Waals surface area contributed by atoms with E-state index in [0.717, 1.165) is 0 Å². The van der Waals surface area contributed by atoms with Gasteiger partial charge in [-0.2, -0.15) is 13.2 Å². The summed E-state index contributed by atoms with van der Waals surface area (Å²) in [4.78, 5) is 9.87. The van der Waals surface area contributed by atoms with Crippen LogP contribution in [0.2, 0.25) is 0 Å². The third-order valence-electron chi connectivity index (χ3n) is 0.453. The van der Waals surface area contributed by atoms with Crippen LogP contribution < -0.4 is 4.89 Å². The second-order valence-electron chi connectivity index (χ2n) is 1.14. The molecule has 6 heteroatoms. The Morgan fingerprint density at radius 1 is 1.56 bits per heavy atom. The molecule has 9 heavy (non-hydrogen) atoms. The van der Waals surface area contributed by atoms with Gasteiger partial charge in [0.1, 0.15) is 0 Å². The van der Waals surface area contributed by atoms with Crippen LogP contribution in [0.5, 0.6) is 0 Å². The van der Waals surface area contributed by atoms with Crippen molar-refractivity contribution < 1.29 is 22.6 Å². The molecule has 0 aliphatic rings. The zero-order valence-electron chi connectivity index (χ0n) is 4.60. The predicted molar refractivity (Wildman–Crippen MR) is 24.6 cm³/mol. The maximum atomic E-state index is 11.2. The smallest absolute Gasteiger partial charge is 0.416 e. The normalized spacial score (nSPS) is 15.7. The number of alkyl halides is 3. The summed E-state index contributed by atoms with van der Waals surface area (Å²) in [6.07, 6.45) is 0. The van der Waals surface area contributed by atoms with Crippen LogP contribution >= 0.6 is 8.38 Å². The summed E-state index contributed by atoms with van der Waals surface area (Å²) in [7, 11) is -3.47. The molecule has 0 fully saturated rings. The average Bonchev–Trinajstić information content (AvgIpc) is 1.64. The first-order chi connectivity index (χ1) is 3.98. The molecule has 0 aromatic heterocycles. The van der Waals surface area contributed by atoms with Crippen molar-refractivity contribution in [3.8, 4) is 0 Å². The monoisotopic (exact) mass is 161 g/mol. The van der Waals surface area contributed by atoms with E-state index in [9.17, 15) is 18.1 Å². The molecule has 0 aromatic carbocycles. The van der Waals surface area contributed by atoms with Crippen LogP contribution in [0.15, 0.2) is 0 Å². The lowest BCUT2D eigenvalue weighted by molar-refractivity contribution is -0.218. The zero-order chi connectivity index (χ0) is 7.49. The lowest BCUT2D eigenvalue weighted by atomic mass is 10.9. The number of rotatable bonds is 2. The Morgan fingerprint density at radius 2 is 2.00 bits per heavy atom. The highest BCUT2D eigenvalue weighted by atomic mass is 31.2. The van der Waals surface area contributed by atoms with E-state index in [2.05, 4.69) is 4.52 Å². The van der Waals surface area contributed by atoms with Crippen LogP contribution in [-0.2, 0) is 4.52 Å². The maximum absolute atomic E-state index is 11.2. The summed E-state index contributed by atoms with van der Waals surface area (Å²) in [5.41, 5.74) is 0. The Kier molecular flexibility index (Phi) is 3.40. The van der Waals surface area contributed by atoms with Crippen molar-refractivity contribution in [2.24, 2.45) is 0 Å². The molecule has 0 rings (SSSR count). The highest BCUT2D eigenvalue weighted by molar-refractivity contribution is 7.45. The van der Waals surface area contributed by atoms with E-state index in [1.165, 1.54) is 6.92 Å². The minimum atomic E-state index is -4.70. The molecule has 0 bridgehead atoms. The van der Waals surface area contributed by atoms with Crippen LogP contribution in [0.1, 0.15) is 6.92 Å². The Hall–Kier alpha value is 0.140. The molecule has 0 spiro atoms. The standard InChI is InChI=1S/C3H5F3O2P/c1-2-8-9(7)3(4,5)6/h2H2,1H3/q-1. The summed E-state index contributed by atoms with van der Waals surface area (Å²) in [6.45, 7) is 1.16. The van der Waals surface area contributed by atoms with Gasteiger partial charge in [0.25, 0.3) is 0 Å². The van der Waals surface area contributed by atoms with Gasteiger partial charge >= 0.3 is 5.92 Å². The summed E-state index contributed by atoms with van der Waals surface area (Å²) in [5, 5.41) is 0. The fourth-order valence-electron chi connectivity index (χ4n) is 0.190. The molecular weight excluding hydrogens is 156 g/mol. The highest BCUT2D eigenvalue weighted by Gasteiger charge is 2.31.